The minimum absolute atomic E-state index is 0.340. The molecule has 0 radical (unpaired) electrons. The first kappa shape index (κ1) is 15.5. The lowest BCUT2D eigenvalue weighted by atomic mass is 10.2. The van der Waals surface area contributed by atoms with Crippen LogP contribution in [0.15, 0.2) is 82.8 Å². The molecule has 4 heteroatoms. The van der Waals surface area contributed by atoms with E-state index in [1.165, 1.54) is 10.8 Å². The maximum absolute atomic E-state index is 4.74. The SMILES string of the molecule is CC(Sc1ccc2ccccc2n1)Sc1ccc2ccccc2n1. The van der Waals surface area contributed by atoms with Crippen LogP contribution in [0.25, 0.3) is 21.8 Å². The van der Waals surface area contributed by atoms with Crippen LogP contribution in [0.4, 0.5) is 0 Å². The van der Waals surface area contributed by atoms with Crippen molar-refractivity contribution in [2.45, 2.75) is 21.6 Å². The van der Waals surface area contributed by atoms with Gasteiger partial charge in [-0.3, -0.25) is 0 Å². The Bertz CT molecular complexity index is 919. The number of rotatable bonds is 4. The number of fused-ring (bicyclic) bond motifs is 2. The predicted octanol–water partition coefficient (Wildman–Crippen LogP) is 6.01. The summed E-state index contributed by atoms with van der Waals surface area (Å²) in [5.41, 5.74) is 2.09. The highest BCUT2D eigenvalue weighted by Gasteiger charge is 2.09. The maximum Gasteiger partial charge on any atom is 0.0978 e. The third kappa shape index (κ3) is 3.40. The van der Waals surface area contributed by atoms with E-state index in [-0.39, 0.29) is 0 Å². The third-order valence-electron chi connectivity index (χ3n) is 3.72. The average Bonchev–Trinajstić information content (AvgIpc) is 2.61. The zero-order valence-electron chi connectivity index (χ0n) is 13.2. The number of aromatic nitrogens is 2. The third-order valence-corrected chi connectivity index (χ3v) is 5.90. The van der Waals surface area contributed by atoms with E-state index in [1.54, 1.807) is 23.5 Å². The fraction of sp³-hybridized carbons (Fsp3) is 0.100. The van der Waals surface area contributed by atoms with Gasteiger partial charge in [-0.1, -0.05) is 72.1 Å². The first-order valence-corrected chi connectivity index (χ1v) is 9.59. The monoisotopic (exact) mass is 348 g/mol. The van der Waals surface area contributed by atoms with Crippen LogP contribution in [0.1, 0.15) is 6.92 Å². The summed E-state index contributed by atoms with van der Waals surface area (Å²) in [5.74, 6) is 0. The normalized spacial score (nSPS) is 11.4. The van der Waals surface area contributed by atoms with Crippen LogP contribution in [0.5, 0.6) is 0 Å². The highest BCUT2D eigenvalue weighted by molar-refractivity contribution is 8.16. The second-order valence-electron chi connectivity index (χ2n) is 5.49. The van der Waals surface area contributed by atoms with Gasteiger partial charge in [-0.2, -0.15) is 0 Å². The van der Waals surface area contributed by atoms with Gasteiger partial charge in [0.15, 0.2) is 0 Å². The molecule has 118 valence electrons. The molecule has 0 bridgehead atoms. The first-order chi connectivity index (χ1) is 11.8. The van der Waals surface area contributed by atoms with Crippen LogP contribution in [0.3, 0.4) is 0 Å². The molecule has 0 saturated carbocycles. The fourth-order valence-corrected chi connectivity index (χ4v) is 4.65. The molecule has 0 N–H and O–H groups in total. The highest BCUT2D eigenvalue weighted by atomic mass is 32.2. The molecule has 0 atom stereocenters. The van der Waals surface area contributed by atoms with E-state index < -0.39 is 0 Å². The topological polar surface area (TPSA) is 25.8 Å². The van der Waals surface area contributed by atoms with Crippen molar-refractivity contribution >= 4 is 45.3 Å². The molecule has 2 heterocycles. The molecule has 0 aliphatic carbocycles. The number of thioether (sulfide) groups is 2. The lowest BCUT2D eigenvalue weighted by Gasteiger charge is -2.11. The van der Waals surface area contributed by atoms with Crippen LogP contribution in [-0.4, -0.2) is 14.5 Å². The second kappa shape index (κ2) is 6.83. The molecule has 0 unspecified atom stereocenters. The summed E-state index contributed by atoms with van der Waals surface area (Å²) in [5, 5.41) is 4.46. The number of nitrogens with zero attached hydrogens (tertiary/aromatic N) is 2. The van der Waals surface area contributed by atoms with Crippen molar-refractivity contribution in [3.63, 3.8) is 0 Å². The molecule has 24 heavy (non-hydrogen) atoms. The number of hydrogen-bond acceptors (Lipinski definition) is 4. The van der Waals surface area contributed by atoms with Crippen LogP contribution in [0, 0.1) is 0 Å². The lowest BCUT2D eigenvalue weighted by Crippen LogP contribution is -1.93. The van der Waals surface area contributed by atoms with Gasteiger partial charge in [-0.15, -0.1) is 0 Å². The van der Waals surface area contributed by atoms with Crippen LogP contribution in [-0.2, 0) is 0 Å². The summed E-state index contributed by atoms with van der Waals surface area (Å²) in [4.78, 5) is 9.47. The van der Waals surface area contributed by atoms with Crippen LogP contribution in [0.2, 0.25) is 0 Å². The van der Waals surface area contributed by atoms with E-state index in [2.05, 4.69) is 55.5 Å². The zero-order chi connectivity index (χ0) is 16.4. The van der Waals surface area contributed by atoms with Gasteiger partial charge in [-0.25, -0.2) is 9.97 Å². The van der Waals surface area contributed by atoms with E-state index in [0.29, 0.717) is 4.58 Å². The smallest absolute Gasteiger partial charge is 0.0978 e. The summed E-state index contributed by atoms with van der Waals surface area (Å²) < 4.78 is 0.340. The Balaban J connectivity index is 1.51. The van der Waals surface area contributed by atoms with Gasteiger partial charge in [0, 0.05) is 10.8 Å². The van der Waals surface area contributed by atoms with Crippen LogP contribution >= 0.6 is 23.5 Å². The molecule has 4 aromatic rings. The first-order valence-electron chi connectivity index (χ1n) is 7.83. The van der Waals surface area contributed by atoms with Gasteiger partial charge < -0.3 is 0 Å². The molecule has 0 aliphatic heterocycles. The number of benzene rings is 2. The Hall–Kier alpha value is -2.04. The second-order valence-corrected chi connectivity index (χ2v) is 8.51. The van der Waals surface area contributed by atoms with Crippen molar-refractivity contribution < 1.29 is 0 Å². The van der Waals surface area contributed by atoms with Gasteiger partial charge in [0.2, 0.25) is 0 Å². The number of hydrogen-bond donors (Lipinski definition) is 0. The van der Waals surface area contributed by atoms with E-state index in [9.17, 15) is 0 Å². The van der Waals surface area contributed by atoms with Crippen molar-refractivity contribution in [2.24, 2.45) is 0 Å². The molecule has 0 aliphatic rings. The fourth-order valence-electron chi connectivity index (χ4n) is 2.59. The van der Waals surface area contributed by atoms with E-state index in [0.717, 1.165) is 21.1 Å². The molecule has 0 amide bonds. The van der Waals surface area contributed by atoms with Gasteiger partial charge in [0.1, 0.15) is 0 Å². The Morgan fingerprint density at radius 1 is 0.625 bits per heavy atom. The molecule has 4 rings (SSSR count). The highest BCUT2D eigenvalue weighted by Crippen LogP contribution is 2.34. The predicted molar refractivity (Wildman–Crippen MR) is 105 cm³/mol. The summed E-state index contributed by atoms with van der Waals surface area (Å²) in [7, 11) is 0. The van der Waals surface area contributed by atoms with Crippen molar-refractivity contribution in [1.29, 1.82) is 0 Å². The van der Waals surface area contributed by atoms with Crippen molar-refractivity contribution in [3.8, 4) is 0 Å². The molecule has 0 saturated heterocycles. The van der Waals surface area contributed by atoms with Crippen molar-refractivity contribution in [2.75, 3.05) is 0 Å². The molecule has 2 nitrogen and oxygen atoms in total. The summed E-state index contributed by atoms with van der Waals surface area (Å²) in [6.45, 7) is 2.20. The molecule has 0 fully saturated rings. The number of pyridine rings is 2. The summed E-state index contributed by atoms with van der Waals surface area (Å²) in [6, 6.07) is 24.9. The van der Waals surface area contributed by atoms with Gasteiger partial charge in [0.05, 0.1) is 25.7 Å². The Morgan fingerprint density at radius 3 is 1.58 bits per heavy atom. The average molecular weight is 348 g/mol. The Kier molecular flexibility index (Phi) is 4.41. The van der Waals surface area contributed by atoms with Crippen LogP contribution < -0.4 is 0 Å². The van der Waals surface area contributed by atoms with E-state index in [1.807, 2.05) is 24.3 Å². The maximum atomic E-state index is 4.74. The summed E-state index contributed by atoms with van der Waals surface area (Å²) >= 11 is 3.54. The van der Waals surface area contributed by atoms with Crippen molar-refractivity contribution in [1.82, 2.24) is 9.97 Å². The van der Waals surface area contributed by atoms with Gasteiger partial charge in [-0.05, 0) is 31.2 Å². The standard InChI is InChI=1S/C20H16N2S2/c1-14(23-19-12-10-15-6-2-4-8-17(15)21-19)24-20-13-11-16-7-3-5-9-18(16)22-20/h2-14H,1H3. The largest absolute Gasteiger partial charge is 0.241 e. The minimum Gasteiger partial charge on any atom is -0.241 e. The number of para-hydroxylation sites is 2. The lowest BCUT2D eigenvalue weighted by molar-refractivity contribution is 1.17. The van der Waals surface area contributed by atoms with E-state index >= 15 is 0 Å². The summed E-state index contributed by atoms with van der Waals surface area (Å²) in [6.07, 6.45) is 0. The zero-order valence-corrected chi connectivity index (χ0v) is 14.8. The van der Waals surface area contributed by atoms with Gasteiger partial charge >= 0.3 is 0 Å². The quantitative estimate of drug-likeness (QED) is 0.333. The minimum atomic E-state index is 0.340. The molecular formula is C20H16N2S2. The Morgan fingerprint density at radius 2 is 1.08 bits per heavy atom. The Labute approximate surface area is 149 Å². The molecule has 2 aromatic carbocycles. The van der Waals surface area contributed by atoms with Crippen molar-refractivity contribution in [3.05, 3.63) is 72.8 Å². The molecule has 2 aromatic heterocycles. The van der Waals surface area contributed by atoms with Gasteiger partial charge in [0.25, 0.3) is 0 Å². The molecular weight excluding hydrogens is 332 g/mol. The molecule has 0 spiro atoms. The van der Waals surface area contributed by atoms with E-state index in [4.69, 9.17) is 9.97 Å².